The van der Waals surface area contributed by atoms with Gasteiger partial charge >= 0.3 is 6.18 Å². The number of nitrogens with one attached hydrogen (secondary N) is 4. The predicted molar refractivity (Wildman–Crippen MR) is 140 cm³/mol. The minimum absolute atomic E-state index is 0.0170. The first-order chi connectivity index (χ1) is 17.1. The molecule has 0 aliphatic rings. The summed E-state index contributed by atoms with van der Waals surface area (Å²) in [5, 5.41) is 15.7. The van der Waals surface area contributed by atoms with Crippen molar-refractivity contribution < 1.29 is 22.8 Å². The van der Waals surface area contributed by atoms with Gasteiger partial charge in [0.25, 0.3) is 5.91 Å². The number of halogens is 4. The average molecular weight is 553 g/mol. The highest BCUT2D eigenvalue weighted by Gasteiger charge is 2.36. The molecule has 0 saturated heterocycles. The maximum atomic E-state index is 13.7. The van der Waals surface area contributed by atoms with Gasteiger partial charge in [-0.25, -0.2) is 4.98 Å². The molecule has 13 heteroatoms. The van der Waals surface area contributed by atoms with Crippen molar-refractivity contribution in [2.75, 3.05) is 16.0 Å². The molecule has 2 aromatic carbocycles. The lowest BCUT2D eigenvalue weighted by Gasteiger charge is -2.26. The molecule has 0 radical (unpaired) electrons. The second kappa shape index (κ2) is 9.18. The number of amides is 2. The third kappa shape index (κ3) is 5.49. The number of thiazole rings is 1. The van der Waals surface area contributed by atoms with E-state index in [0.717, 1.165) is 17.4 Å². The summed E-state index contributed by atoms with van der Waals surface area (Å²) in [5.41, 5.74) is -1.94. The van der Waals surface area contributed by atoms with Crippen LogP contribution < -0.4 is 16.0 Å². The van der Waals surface area contributed by atoms with Crippen molar-refractivity contribution in [3.63, 3.8) is 0 Å². The molecule has 8 nitrogen and oxygen atoms in total. The number of carbonyl (C=O) groups excluding carboxylic acids is 2. The van der Waals surface area contributed by atoms with Crippen LogP contribution in [-0.4, -0.2) is 32.5 Å². The lowest BCUT2D eigenvalue weighted by molar-refractivity contribution is -0.136. The summed E-state index contributed by atoms with van der Waals surface area (Å²) < 4.78 is 41.2. The monoisotopic (exact) mass is 552 g/mol. The van der Waals surface area contributed by atoms with Gasteiger partial charge in [-0.3, -0.25) is 20.0 Å². The molecule has 4 N–H and O–H groups in total. The van der Waals surface area contributed by atoms with E-state index in [1.165, 1.54) is 6.20 Å². The number of anilines is 3. The molecular formula is C24H24ClF3N6O2S. The third-order valence-electron chi connectivity index (χ3n) is 5.53. The van der Waals surface area contributed by atoms with Crippen LogP contribution in [0.4, 0.5) is 29.7 Å². The summed E-state index contributed by atoms with van der Waals surface area (Å²) in [5.74, 6) is -0.761. The van der Waals surface area contributed by atoms with E-state index in [4.69, 9.17) is 11.6 Å². The van der Waals surface area contributed by atoms with Crippen molar-refractivity contribution in [2.24, 2.45) is 5.41 Å². The number of benzene rings is 2. The second-order valence-electron chi connectivity index (χ2n) is 10.1. The summed E-state index contributed by atoms with van der Waals surface area (Å²) in [6.45, 7) is 8.51. The number of carbonyl (C=O) groups is 2. The number of H-pyrrole nitrogens is 1. The number of fused-ring (bicyclic) bond motifs is 3. The van der Waals surface area contributed by atoms with Crippen LogP contribution in [0, 0.1) is 5.41 Å². The highest BCUT2D eigenvalue weighted by molar-refractivity contribution is 7.23. The Bertz CT molecular complexity index is 1520. The normalized spacial score (nSPS) is 12.7. The molecule has 0 fully saturated rings. The largest absolute Gasteiger partial charge is 0.418 e. The van der Waals surface area contributed by atoms with E-state index in [0.29, 0.717) is 21.8 Å². The van der Waals surface area contributed by atoms with Gasteiger partial charge in [0.05, 0.1) is 38.2 Å². The number of aromatic nitrogens is 3. The SMILES string of the molecule is CC(C)(C)C(=O)Nc1cc(NC(C)(C)C(=O)Nc2nc3c(C(F)(F)F)cc4[nH]ncc4c3s2)ccc1Cl. The van der Waals surface area contributed by atoms with Crippen molar-refractivity contribution in [1.82, 2.24) is 15.2 Å². The molecule has 4 aromatic rings. The first kappa shape index (κ1) is 26.7. The fourth-order valence-electron chi connectivity index (χ4n) is 3.43. The topological polar surface area (TPSA) is 112 Å². The van der Waals surface area contributed by atoms with Crippen LogP contribution in [0.25, 0.3) is 21.1 Å². The number of alkyl halides is 3. The summed E-state index contributed by atoms with van der Waals surface area (Å²) in [7, 11) is 0. The molecule has 2 aromatic heterocycles. The first-order valence-corrected chi connectivity index (χ1v) is 12.3. The molecule has 2 amide bonds. The van der Waals surface area contributed by atoms with Gasteiger partial charge in [-0.1, -0.05) is 43.7 Å². The summed E-state index contributed by atoms with van der Waals surface area (Å²) in [6.07, 6.45) is -3.22. The second-order valence-corrected chi connectivity index (χ2v) is 11.5. The molecular weight excluding hydrogens is 529 g/mol. The number of aromatic amines is 1. The Morgan fingerprint density at radius 3 is 2.38 bits per heavy atom. The number of hydrogen-bond donors (Lipinski definition) is 4. The Kier molecular flexibility index (Phi) is 6.62. The van der Waals surface area contributed by atoms with Gasteiger partial charge in [0.15, 0.2) is 5.13 Å². The quantitative estimate of drug-likeness (QED) is 0.221. The fraction of sp³-hybridized carbons (Fsp3) is 0.333. The van der Waals surface area contributed by atoms with Crippen molar-refractivity contribution in [3.05, 3.63) is 41.0 Å². The molecule has 2 heterocycles. The summed E-state index contributed by atoms with van der Waals surface area (Å²) >= 11 is 7.16. The van der Waals surface area contributed by atoms with Gasteiger partial charge in [0.2, 0.25) is 5.91 Å². The molecule has 0 aliphatic heterocycles. The van der Waals surface area contributed by atoms with Gasteiger partial charge in [0, 0.05) is 16.5 Å². The Hall–Kier alpha value is -3.38. The fourth-order valence-corrected chi connectivity index (χ4v) is 4.60. The number of hydrogen-bond acceptors (Lipinski definition) is 6. The summed E-state index contributed by atoms with van der Waals surface area (Å²) in [4.78, 5) is 29.6. The van der Waals surface area contributed by atoms with Gasteiger partial charge in [-0.05, 0) is 38.1 Å². The van der Waals surface area contributed by atoms with Crippen LogP contribution in [0.15, 0.2) is 30.5 Å². The minimum Gasteiger partial charge on any atom is -0.372 e. The van der Waals surface area contributed by atoms with Crippen LogP contribution >= 0.6 is 22.9 Å². The summed E-state index contributed by atoms with van der Waals surface area (Å²) in [6, 6.07) is 5.79. The number of rotatable bonds is 5. The van der Waals surface area contributed by atoms with Crippen molar-refractivity contribution in [2.45, 2.75) is 46.3 Å². The molecule has 0 spiro atoms. The Morgan fingerprint density at radius 1 is 1.03 bits per heavy atom. The lowest BCUT2D eigenvalue weighted by atomic mass is 9.95. The maximum Gasteiger partial charge on any atom is 0.418 e. The molecule has 0 unspecified atom stereocenters. The molecule has 0 atom stereocenters. The maximum absolute atomic E-state index is 13.7. The van der Waals surface area contributed by atoms with Crippen LogP contribution in [0.1, 0.15) is 40.2 Å². The zero-order valence-electron chi connectivity index (χ0n) is 20.5. The highest BCUT2D eigenvalue weighted by Crippen LogP contribution is 2.41. The third-order valence-corrected chi connectivity index (χ3v) is 6.86. The predicted octanol–water partition coefficient (Wildman–Crippen LogP) is 6.66. The number of nitrogens with zero attached hydrogens (tertiary/aromatic N) is 2. The zero-order chi connectivity index (χ0) is 27.3. The molecule has 0 bridgehead atoms. The van der Waals surface area contributed by atoms with Gasteiger partial charge < -0.3 is 10.6 Å². The Balaban J connectivity index is 1.58. The van der Waals surface area contributed by atoms with E-state index >= 15 is 0 Å². The van der Waals surface area contributed by atoms with Gasteiger partial charge in [-0.15, -0.1) is 0 Å². The van der Waals surface area contributed by atoms with E-state index in [1.807, 2.05) is 0 Å². The van der Waals surface area contributed by atoms with Crippen LogP contribution in [0.2, 0.25) is 5.02 Å². The van der Waals surface area contributed by atoms with Crippen molar-refractivity contribution in [1.29, 1.82) is 0 Å². The van der Waals surface area contributed by atoms with E-state index in [2.05, 4.69) is 31.1 Å². The van der Waals surface area contributed by atoms with Crippen LogP contribution in [0.5, 0.6) is 0 Å². The average Bonchev–Trinajstić information content (AvgIpc) is 3.40. The minimum atomic E-state index is -4.64. The van der Waals surface area contributed by atoms with Crippen LogP contribution in [0.3, 0.4) is 0 Å². The van der Waals surface area contributed by atoms with E-state index in [1.54, 1.807) is 52.8 Å². The molecule has 0 saturated carbocycles. The smallest absolute Gasteiger partial charge is 0.372 e. The van der Waals surface area contributed by atoms with E-state index < -0.39 is 28.6 Å². The van der Waals surface area contributed by atoms with Gasteiger partial charge in [-0.2, -0.15) is 18.3 Å². The standard InChI is InChI=1S/C24H24ClF3N6O2S/c1-22(2,3)19(35)30-16-8-11(6-7-14(16)25)33-23(4,5)20(36)32-21-31-17-13(24(26,27)28)9-15-12(10-29-34-15)18(17)37-21/h6-10,33H,1-5H3,(H,29,34)(H,30,35)(H,31,32,36). The van der Waals surface area contributed by atoms with E-state index in [9.17, 15) is 22.8 Å². The van der Waals surface area contributed by atoms with Crippen LogP contribution in [-0.2, 0) is 15.8 Å². The van der Waals surface area contributed by atoms with Gasteiger partial charge in [0.1, 0.15) is 5.54 Å². The molecule has 37 heavy (non-hydrogen) atoms. The Labute approximate surface area is 219 Å². The molecule has 4 rings (SSSR count). The molecule has 196 valence electrons. The molecule has 0 aliphatic carbocycles. The van der Waals surface area contributed by atoms with E-state index in [-0.39, 0.29) is 26.8 Å². The Morgan fingerprint density at radius 2 is 1.73 bits per heavy atom. The zero-order valence-corrected chi connectivity index (χ0v) is 22.1. The highest BCUT2D eigenvalue weighted by atomic mass is 35.5. The first-order valence-electron chi connectivity index (χ1n) is 11.1. The van der Waals surface area contributed by atoms with Crippen molar-refractivity contribution in [3.8, 4) is 0 Å². The van der Waals surface area contributed by atoms with Crippen molar-refractivity contribution >= 4 is 72.4 Å². The lowest BCUT2D eigenvalue weighted by Crippen LogP contribution is -2.44.